The van der Waals surface area contributed by atoms with E-state index < -0.39 is 16.6 Å². The van der Waals surface area contributed by atoms with Gasteiger partial charge in [-0.1, -0.05) is 25.1 Å². The quantitative estimate of drug-likeness (QED) is 0.336. The van der Waals surface area contributed by atoms with Gasteiger partial charge in [-0.2, -0.15) is 0 Å². The first-order chi connectivity index (χ1) is 11.9. The summed E-state index contributed by atoms with van der Waals surface area (Å²) in [6.45, 7) is 1.96. The van der Waals surface area contributed by atoms with Crippen molar-refractivity contribution in [3.63, 3.8) is 0 Å². The Hall–Kier alpha value is -2.75. The largest absolute Gasteiger partial charge is 0.323 e. The maximum atomic E-state index is 13.6. The van der Waals surface area contributed by atoms with Crippen LogP contribution in [0.5, 0.6) is 0 Å². The van der Waals surface area contributed by atoms with E-state index in [4.69, 9.17) is 0 Å². The van der Waals surface area contributed by atoms with E-state index in [1.54, 1.807) is 0 Å². The fourth-order valence-electron chi connectivity index (χ4n) is 1.98. The molecule has 1 heterocycles. The van der Waals surface area contributed by atoms with E-state index in [0.29, 0.717) is 12.1 Å². The molecule has 1 aromatic heterocycles. The van der Waals surface area contributed by atoms with E-state index >= 15 is 0 Å². The number of anilines is 1. The van der Waals surface area contributed by atoms with Gasteiger partial charge in [0.15, 0.2) is 5.16 Å². The number of carbonyl (C=O) groups excluding carboxylic acids is 1. The van der Waals surface area contributed by atoms with E-state index in [1.165, 1.54) is 6.07 Å². The van der Waals surface area contributed by atoms with Gasteiger partial charge in [0.25, 0.3) is 11.2 Å². The van der Waals surface area contributed by atoms with Crippen molar-refractivity contribution >= 4 is 29.0 Å². The standard InChI is InChI=1S/C15H15FN4O4S/c1-2-3-9-6-13(21)19-15(17-9)25-8-14(22)18-12-7-10(20(23)24)4-5-11(12)16/h4-7H,2-3,8H2,1H3,(H,18,22)(H,17,19,21). The van der Waals surface area contributed by atoms with Crippen LogP contribution in [0.15, 0.2) is 34.2 Å². The van der Waals surface area contributed by atoms with Crippen LogP contribution < -0.4 is 10.9 Å². The number of carbonyl (C=O) groups is 1. The summed E-state index contributed by atoms with van der Waals surface area (Å²) >= 11 is 0.983. The third kappa shape index (κ3) is 5.38. The number of aryl methyl sites for hydroxylation is 1. The number of rotatable bonds is 7. The Kier molecular flexibility index (Phi) is 6.23. The summed E-state index contributed by atoms with van der Waals surface area (Å²) < 4.78 is 13.6. The third-order valence-corrected chi connectivity index (χ3v) is 3.93. The minimum atomic E-state index is -0.777. The molecule has 1 aromatic carbocycles. The minimum absolute atomic E-state index is 0.138. The van der Waals surface area contributed by atoms with Crippen LogP contribution in [0.3, 0.4) is 0 Å². The molecule has 0 unspecified atom stereocenters. The molecule has 8 nitrogen and oxygen atoms in total. The summed E-state index contributed by atoms with van der Waals surface area (Å²) in [4.78, 5) is 40.2. The lowest BCUT2D eigenvalue weighted by Crippen LogP contribution is -2.16. The molecule has 2 N–H and O–H groups in total. The summed E-state index contributed by atoms with van der Waals surface area (Å²) in [5, 5.41) is 13.3. The van der Waals surface area contributed by atoms with Gasteiger partial charge >= 0.3 is 0 Å². The molecular formula is C15H15FN4O4S. The number of hydrogen-bond donors (Lipinski definition) is 2. The Morgan fingerprint density at radius 2 is 2.20 bits per heavy atom. The summed E-state index contributed by atoms with van der Waals surface area (Å²) in [6.07, 6.45) is 1.47. The van der Waals surface area contributed by atoms with E-state index in [-0.39, 0.29) is 27.8 Å². The van der Waals surface area contributed by atoms with Gasteiger partial charge in [0, 0.05) is 23.9 Å². The molecule has 0 atom stereocenters. The summed E-state index contributed by atoms with van der Waals surface area (Å²) in [5.74, 6) is -1.49. The lowest BCUT2D eigenvalue weighted by molar-refractivity contribution is -0.384. The SMILES string of the molecule is CCCc1cc(=O)[nH]c(SCC(=O)Nc2cc([N+](=O)[O-])ccc2F)n1. The Morgan fingerprint density at radius 3 is 2.88 bits per heavy atom. The van der Waals surface area contributed by atoms with Crippen LogP contribution in [0.25, 0.3) is 0 Å². The molecule has 0 aliphatic carbocycles. The highest BCUT2D eigenvalue weighted by Crippen LogP contribution is 2.22. The number of halogens is 1. The van der Waals surface area contributed by atoms with Crippen molar-refractivity contribution in [3.05, 3.63) is 56.2 Å². The number of benzene rings is 1. The van der Waals surface area contributed by atoms with Crippen LogP contribution in [0.1, 0.15) is 19.0 Å². The molecule has 0 saturated carbocycles. The Bertz CT molecular complexity index is 856. The third-order valence-electron chi connectivity index (χ3n) is 3.05. The summed E-state index contributed by atoms with van der Waals surface area (Å²) in [6, 6.07) is 4.26. The van der Waals surface area contributed by atoms with E-state index in [9.17, 15) is 24.1 Å². The number of nitrogens with zero attached hydrogens (tertiary/aromatic N) is 2. The van der Waals surface area contributed by atoms with Gasteiger partial charge in [-0.15, -0.1) is 0 Å². The van der Waals surface area contributed by atoms with Crippen LogP contribution in [0.4, 0.5) is 15.8 Å². The first-order valence-electron chi connectivity index (χ1n) is 7.36. The van der Waals surface area contributed by atoms with Crippen molar-refractivity contribution in [2.75, 3.05) is 11.1 Å². The topological polar surface area (TPSA) is 118 Å². The number of aromatic amines is 1. The summed E-state index contributed by atoms with van der Waals surface area (Å²) in [5.41, 5.74) is -0.298. The zero-order valence-corrected chi connectivity index (χ0v) is 14.1. The number of H-pyrrole nitrogens is 1. The van der Waals surface area contributed by atoms with Crippen LogP contribution in [0, 0.1) is 15.9 Å². The first-order valence-corrected chi connectivity index (χ1v) is 8.34. The second-order valence-electron chi connectivity index (χ2n) is 5.05. The second-order valence-corrected chi connectivity index (χ2v) is 6.01. The maximum absolute atomic E-state index is 13.6. The van der Waals surface area contributed by atoms with Gasteiger partial charge in [0.2, 0.25) is 5.91 Å². The van der Waals surface area contributed by atoms with E-state index in [0.717, 1.165) is 36.4 Å². The minimum Gasteiger partial charge on any atom is -0.323 e. The van der Waals surface area contributed by atoms with Crippen molar-refractivity contribution in [1.29, 1.82) is 0 Å². The van der Waals surface area contributed by atoms with Crippen LogP contribution in [-0.4, -0.2) is 26.6 Å². The zero-order chi connectivity index (χ0) is 18.4. The number of nitro groups is 1. The van der Waals surface area contributed by atoms with Crippen molar-refractivity contribution in [2.24, 2.45) is 0 Å². The number of non-ortho nitro benzene ring substituents is 1. The molecular weight excluding hydrogens is 351 g/mol. The van der Waals surface area contributed by atoms with Crippen molar-refractivity contribution < 1.29 is 14.1 Å². The van der Waals surface area contributed by atoms with E-state index in [1.807, 2.05) is 6.92 Å². The number of aromatic nitrogens is 2. The van der Waals surface area contributed by atoms with Gasteiger partial charge in [-0.25, -0.2) is 9.37 Å². The molecule has 10 heteroatoms. The fraction of sp³-hybridized carbons (Fsp3) is 0.267. The number of amides is 1. The molecule has 0 fully saturated rings. The molecule has 2 rings (SSSR count). The molecule has 0 radical (unpaired) electrons. The monoisotopic (exact) mass is 366 g/mol. The Balaban J connectivity index is 2.03. The fourth-order valence-corrected chi connectivity index (χ4v) is 2.67. The Morgan fingerprint density at radius 1 is 1.44 bits per heavy atom. The summed E-state index contributed by atoms with van der Waals surface area (Å²) in [7, 11) is 0. The molecule has 0 spiro atoms. The lowest BCUT2D eigenvalue weighted by Gasteiger charge is -2.06. The average Bonchev–Trinajstić information content (AvgIpc) is 2.54. The molecule has 0 saturated heterocycles. The van der Waals surface area contributed by atoms with Gasteiger partial charge in [-0.05, 0) is 12.5 Å². The highest BCUT2D eigenvalue weighted by molar-refractivity contribution is 7.99. The van der Waals surface area contributed by atoms with Crippen LogP contribution in [-0.2, 0) is 11.2 Å². The van der Waals surface area contributed by atoms with Crippen LogP contribution in [0.2, 0.25) is 0 Å². The molecule has 0 bridgehead atoms. The van der Waals surface area contributed by atoms with Crippen molar-refractivity contribution in [2.45, 2.75) is 24.9 Å². The highest BCUT2D eigenvalue weighted by atomic mass is 32.2. The van der Waals surface area contributed by atoms with Gasteiger partial charge < -0.3 is 10.3 Å². The Labute approximate surface area is 146 Å². The van der Waals surface area contributed by atoms with Gasteiger partial charge in [0.1, 0.15) is 5.82 Å². The molecule has 25 heavy (non-hydrogen) atoms. The van der Waals surface area contributed by atoms with Gasteiger partial charge in [0.05, 0.1) is 16.4 Å². The zero-order valence-electron chi connectivity index (χ0n) is 13.2. The predicted molar refractivity (Wildman–Crippen MR) is 91.3 cm³/mol. The maximum Gasteiger partial charge on any atom is 0.271 e. The van der Waals surface area contributed by atoms with Gasteiger partial charge in [-0.3, -0.25) is 19.7 Å². The number of nitrogens with one attached hydrogen (secondary N) is 2. The molecule has 0 aliphatic heterocycles. The number of nitro benzene ring substituents is 1. The van der Waals surface area contributed by atoms with Crippen molar-refractivity contribution in [1.82, 2.24) is 9.97 Å². The lowest BCUT2D eigenvalue weighted by atomic mass is 10.2. The first kappa shape index (κ1) is 18.6. The molecule has 132 valence electrons. The highest BCUT2D eigenvalue weighted by Gasteiger charge is 2.14. The van der Waals surface area contributed by atoms with Crippen LogP contribution >= 0.6 is 11.8 Å². The normalized spacial score (nSPS) is 10.5. The molecule has 0 aliphatic rings. The molecule has 1 amide bonds. The number of thioether (sulfide) groups is 1. The van der Waals surface area contributed by atoms with E-state index in [2.05, 4.69) is 15.3 Å². The molecule has 2 aromatic rings. The second kappa shape index (κ2) is 8.38. The van der Waals surface area contributed by atoms with Crippen molar-refractivity contribution in [3.8, 4) is 0 Å². The number of hydrogen-bond acceptors (Lipinski definition) is 6. The smallest absolute Gasteiger partial charge is 0.271 e. The predicted octanol–water partition coefficient (Wildman–Crippen LogP) is 2.50. The average molecular weight is 366 g/mol.